The molecule has 16 nitrogen and oxygen atoms in total. The second-order valence-electron chi connectivity index (χ2n) is 12.8. The van der Waals surface area contributed by atoms with Crippen LogP contribution in [0.5, 0.6) is 0 Å². The van der Waals surface area contributed by atoms with Crippen LogP contribution in [0, 0.1) is 0 Å². The van der Waals surface area contributed by atoms with Crippen molar-refractivity contribution in [2.45, 2.75) is 160 Å². The lowest BCUT2D eigenvalue weighted by molar-refractivity contribution is -0.121. The number of amidine groups is 1. The molecule has 15 N–H and O–H groups in total. The van der Waals surface area contributed by atoms with Crippen LogP contribution in [-0.4, -0.2) is 177 Å². The summed E-state index contributed by atoms with van der Waals surface area (Å²) < 4.78 is 0. The van der Waals surface area contributed by atoms with Gasteiger partial charge < -0.3 is 61.1 Å². The third kappa shape index (κ3) is 81.3. The molecular weight excluding hydrogens is 1000 g/mol. The first kappa shape index (κ1) is 113. The van der Waals surface area contributed by atoms with Crippen LogP contribution in [0.3, 0.4) is 0 Å². The molecule has 0 aromatic heterocycles. The topological polar surface area (TPSA) is 251 Å². The molecule has 0 saturated carbocycles. The summed E-state index contributed by atoms with van der Waals surface area (Å²) in [7, 11) is 1.95. The van der Waals surface area contributed by atoms with Crippen molar-refractivity contribution in [2.75, 3.05) is 123 Å². The van der Waals surface area contributed by atoms with Crippen LogP contribution in [0.15, 0.2) is 0 Å². The zero-order valence-electron chi connectivity index (χ0n) is 34.9. The fourth-order valence-electron chi connectivity index (χ4n) is 4.97. The van der Waals surface area contributed by atoms with Gasteiger partial charge in [-0.05, 0) is 81.5 Å². The van der Waals surface area contributed by atoms with Gasteiger partial charge in [-0.25, -0.2) is 0 Å². The molecule has 0 unspecified atom stereocenters. The highest BCUT2D eigenvalue weighted by molar-refractivity contribution is 8.13. The number of rotatable bonds is 26. The summed E-state index contributed by atoms with van der Waals surface area (Å²) in [5.41, 5.74) is 20.1. The van der Waals surface area contributed by atoms with Crippen molar-refractivity contribution >= 4 is 86.1 Å². The molecule has 2 rings (SSSR count). The van der Waals surface area contributed by atoms with Crippen LogP contribution in [0.2, 0.25) is 0 Å². The number of carbonyl (C=O) groups is 3. The van der Waals surface area contributed by atoms with E-state index in [1.54, 1.807) is 0 Å². The highest BCUT2D eigenvalue weighted by Gasteiger charge is 2.24. The van der Waals surface area contributed by atoms with E-state index in [9.17, 15) is 14.4 Å². The molecule has 69 heavy (non-hydrogen) atoms. The molecule has 2 aliphatic rings. The second-order valence-corrected chi connectivity index (χ2v) is 15.6. The quantitative estimate of drug-likeness (QED) is 0.0196. The van der Waals surface area contributed by atoms with Crippen molar-refractivity contribution in [2.24, 2.45) is 22.9 Å². The second kappa shape index (κ2) is 83.8. The van der Waals surface area contributed by atoms with Crippen LogP contribution in [0.1, 0.15) is 148 Å². The molecular formula is C47H125Cl4N13O3S2. The molecule has 0 aromatic carbocycles. The van der Waals surface area contributed by atoms with Gasteiger partial charge in [0.05, 0.1) is 0 Å². The minimum absolute atomic E-state index is 0. The normalized spacial score (nSPS) is 10.8. The average Bonchev–Trinajstić information content (AvgIpc) is 3.06. The van der Waals surface area contributed by atoms with Gasteiger partial charge in [0, 0.05) is 127 Å². The van der Waals surface area contributed by atoms with Gasteiger partial charge in [0.15, 0.2) is 5.11 Å². The highest BCUT2D eigenvalue weighted by atomic mass is 35.5. The Morgan fingerprint density at radius 1 is 0.638 bits per heavy atom. The molecule has 0 atom stereocenters. The number of alkyl halides is 2. The zero-order valence-corrected chi connectivity index (χ0v) is 39.6. The molecule has 436 valence electrons. The molecule has 0 aliphatic carbocycles. The smallest absolute Gasteiger partial charge is 0.299 e. The Morgan fingerprint density at radius 2 is 1.00 bits per heavy atom. The van der Waals surface area contributed by atoms with Crippen LogP contribution < -0.4 is 67.3 Å². The predicted octanol–water partition coefficient (Wildman–Crippen LogP) is 3.48. The van der Waals surface area contributed by atoms with E-state index in [4.69, 9.17) is 51.7 Å². The number of hydrogen-bond acceptors (Lipinski definition) is 12. The molecule has 2 fully saturated rings. The minimum atomic E-state index is -0.370. The Hall–Kier alpha value is -1.00. The van der Waals surface area contributed by atoms with E-state index >= 15 is 0 Å². The van der Waals surface area contributed by atoms with Crippen molar-refractivity contribution in [3.63, 3.8) is 0 Å². The average molecular weight is 1130 g/mol. The minimum Gasteiger partial charge on any atom is -1.00 e. The number of thioether (sulfide) groups is 1. The van der Waals surface area contributed by atoms with E-state index in [0.29, 0.717) is 48.1 Å². The van der Waals surface area contributed by atoms with E-state index < -0.39 is 0 Å². The maximum absolute atomic E-state index is 11.5. The monoisotopic (exact) mass is 1120 g/mol. The van der Waals surface area contributed by atoms with E-state index in [0.717, 1.165) is 104 Å². The van der Waals surface area contributed by atoms with Gasteiger partial charge in [-0.15, -0.1) is 23.2 Å². The molecule has 22 heteroatoms. The van der Waals surface area contributed by atoms with Crippen LogP contribution in [0.4, 0.5) is 0 Å². The summed E-state index contributed by atoms with van der Waals surface area (Å²) in [6.07, 6.45) is 4.65. The number of halogens is 4. The molecule has 0 aromatic rings. The summed E-state index contributed by atoms with van der Waals surface area (Å²) >= 11 is 20.8. The van der Waals surface area contributed by atoms with Gasteiger partial charge >= 0.3 is 0 Å². The Labute approximate surface area is 463 Å². The maximum atomic E-state index is 11.5. The van der Waals surface area contributed by atoms with Crippen molar-refractivity contribution in [1.29, 1.82) is 0 Å². The largest absolute Gasteiger partial charge is 1.00 e. The first-order valence-corrected chi connectivity index (χ1v) is 22.5. The third-order valence-electron chi connectivity index (χ3n) is 7.89. The highest BCUT2D eigenvalue weighted by Crippen LogP contribution is 2.06. The fraction of sp³-hybridized carbons (Fsp3) is 0.894. The van der Waals surface area contributed by atoms with Gasteiger partial charge in [0.25, 0.3) is 5.17 Å². The summed E-state index contributed by atoms with van der Waals surface area (Å²) in [6, 6.07) is 1.42. The third-order valence-corrected chi connectivity index (χ3v) is 9.20. The van der Waals surface area contributed by atoms with E-state index in [-0.39, 0.29) is 130 Å². The Morgan fingerprint density at radius 3 is 1.29 bits per heavy atom. The maximum Gasteiger partial charge on any atom is 0.299 e. The first-order valence-electron chi connectivity index (χ1n) is 19.6. The molecule has 0 spiro atoms. The lowest BCUT2D eigenvalue weighted by atomic mass is 10.1. The van der Waals surface area contributed by atoms with Crippen LogP contribution in [-0.2, 0) is 14.4 Å². The Bertz CT molecular complexity index is 994. The standard InChI is InChI=1S/C12H27N5OS.C11H22ClN3O.C8H19N3.C3H4Cl2O.CH4N2S.12CH4.ClH/c1-3-7-17(8-5-15-2)9-6-16-11(18)4-10-19-12(13)14;1-2-6-15(10-8-13-9-10)7-5-14-11(16)3-4-12;1-2-4-11(5-3-9)8-6-10-7-8;4-2-1-3(5)6;2-1(3)4;;;;;;;;;;;;;/h15H,3-10H2,1-2H3,(H3,13,14)(H,16,18);10,13H,2-9H2,1H3,(H,14,16);8,10H,2-7,9H2,1H3;1-2H2;(H4,2,3,4);12*1H4;1H. The van der Waals surface area contributed by atoms with Gasteiger partial charge in [-0.1, -0.05) is 110 Å². The SMILES string of the molecule is C.C.C.C.C.C.C.C.C.C.C.C.CCCN(CCN)C1CNC1.CCCN(CCNC(=O)CCCl)C1CNC1.CCCN(CCNC)CCNC(=O)CCSC(N)=[NH2+].NC(N)=S.O=C(Cl)CCCl.[Cl-]. The number of amides is 2. The molecule has 2 amide bonds. The lowest BCUT2D eigenvalue weighted by Crippen LogP contribution is -3.00. The first-order chi connectivity index (χ1) is 26.8. The Kier molecular flexibility index (Phi) is 137. The van der Waals surface area contributed by atoms with Crippen LogP contribution in [0.25, 0.3) is 0 Å². The van der Waals surface area contributed by atoms with Crippen molar-refractivity contribution in [3.05, 3.63) is 0 Å². The van der Waals surface area contributed by atoms with Gasteiger partial charge in [-0.2, -0.15) is 0 Å². The van der Waals surface area contributed by atoms with Crippen molar-refractivity contribution in [1.82, 2.24) is 41.3 Å². The van der Waals surface area contributed by atoms with Gasteiger partial charge in [-0.3, -0.25) is 35.3 Å². The van der Waals surface area contributed by atoms with Gasteiger partial charge in [0.2, 0.25) is 17.1 Å². The number of nitrogens with zero attached hydrogens (tertiary/aromatic N) is 3. The number of hydrogen-bond donors (Lipinski definition) is 10. The molecule has 2 aliphatic heterocycles. The number of nitrogens with one attached hydrogen (secondary N) is 5. The summed E-state index contributed by atoms with van der Waals surface area (Å²) in [6.45, 7) is 21.5. The molecule has 0 radical (unpaired) electrons. The molecule has 2 heterocycles. The van der Waals surface area contributed by atoms with E-state index in [2.05, 4.69) is 85.7 Å². The summed E-state index contributed by atoms with van der Waals surface area (Å²) in [5, 5.41) is 20.7. The Balaban J connectivity index is -0.0000000370. The number of likely N-dealkylation sites (N-methyl/N-ethyl adjacent to an activating group) is 1. The van der Waals surface area contributed by atoms with Gasteiger partial charge in [0.1, 0.15) is 0 Å². The number of carbonyl (C=O) groups excluding carboxylic acids is 3. The number of thiocarbonyl (C=S) groups is 1. The zero-order chi connectivity index (χ0) is 43.0. The van der Waals surface area contributed by atoms with Crippen LogP contribution >= 0.6 is 58.8 Å². The lowest BCUT2D eigenvalue weighted by Gasteiger charge is -2.38. The fourth-order valence-corrected chi connectivity index (χ4v) is 6.03. The van der Waals surface area contributed by atoms with Crippen molar-refractivity contribution < 1.29 is 32.2 Å². The number of nitrogens with two attached hydrogens (primary N) is 5. The molecule has 0 bridgehead atoms. The summed E-state index contributed by atoms with van der Waals surface area (Å²) in [4.78, 5) is 39.7. The van der Waals surface area contributed by atoms with Crippen molar-refractivity contribution in [3.8, 4) is 0 Å². The van der Waals surface area contributed by atoms with E-state index in [1.807, 2.05) is 7.05 Å². The molecule has 2 saturated heterocycles. The van der Waals surface area contributed by atoms with E-state index in [1.165, 1.54) is 24.7 Å². The summed E-state index contributed by atoms with van der Waals surface area (Å²) in [5.74, 6) is 1.46. The predicted molar refractivity (Wildman–Crippen MR) is 324 cm³/mol.